The number of rotatable bonds is 6. The number of carbonyl (C=O) groups excluding carboxylic acids is 2. The summed E-state index contributed by atoms with van der Waals surface area (Å²) in [6.07, 6.45) is 0. The number of nitrogens with one attached hydrogen (secondary N) is 1. The second-order valence-corrected chi connectivity index (χ2v) is 6.01. The molecule has 0 spiro atoms. The van der Waals surface area contributed by atoms with Gasteiger partial charge in [0.2, 0.25) is 0 Å². The van der Waals surface area contributed by atoms with Crippen molar-refractivity contribution in [2.24, 2.45) is 5.92 Å². The number of esters is 1. The monoisotopic (exact) mass is 347 g/mol. The molecular weight excluding hydrogens is 326 g/mol. The van der Waals surface area contributed by atoms with Crippen molar-refractivity contribution in [2.45, 2.75) is 26.4 Å². The summed E-state index contributed by atoms with van der Waals surface area (Å²) < 4.78 is 5.78. The molecule has 1 atom stereocenters. The van der Waals surface area contributed by atoms with Gasteiger partial charge in [-0.05, 0) is 12.0 Å². The van der Waals surface area contributed by atoms with Crippen LogP contribution in [0, 0.1) is 5.92 Å². The first-order chi connectivity index (χ1) is 11.9. The Hall–Kier alpha value is -2.74. The van der Waals surface area contributed by atoms with Crippen LogP contribution in [-0.4, -0.2) is 46.5 Å². The number of fused-ring (bicyclic) bond motifs is 1. The maximum Gasteiger partial charge on any atom is 0.330 e. The van der Waals surface area contributed by atoms with E-state index in [9.17, 15) is 19.5 Å². The third kappa shape index (κ3) is 4.03. The molecule has 0 fully saturated rings. The Labute approximate surface area is 144 Å². The number of methoxy groups -OCH3 is 1. The van der Waals surface area contributed by atoms with Crippen LogP contribution in [0.4, 0.5) is 0 Å². The molecule has 0 saturated heterocycles. The molecule has 8 nitrogen and oxygen atoms in total. The average molecular weight is 347 g/mol. The summed E-state index contributed by atoms with van der Waals surface area (Å²) in [5.41, 5.74) is -0.272. The van der Waals surface area contributed by atoms with E-state index in [0.717, 1.165) is 7.11 Å². The molecule has 1 aromatic carbocycles. The molecule has 1 amide bonds. The highest BCUT2D eigenvalue weighted by Gasteiger charge is 2.24. The van der Waals surface area contributed by atoms with Crippen molar-refractivity contribution in [1.82, 2.24) is 15.1 Å². The molecule has 2 aromatic rings. The van der Waals surface area contributed by atoms with Crippen molar-refractivity contribution in [1.29, 1.82) is 0 Å². The Kier molecular flexibility index (Phi) is 5.87. The number of hydrogen-bond acceptors (Lipinski definition) is 6. The maximum absolute atomic E-state index is 12.6. The summed E-state index contributed by atoms with van der Waals surface area (Å²) in [6.45, 7) is 3.61. The van der Waals surface area contributed by atoms with E-state index in [4.69, 9.17) is 0 Å². The summed E-state index contributed by atoms with van der Waals surface area (Å²) in [7, 11) is 1.16. The zero-order chi connectivity index (χ0) is 18.6. The van der Waals surface area contributed by atoms with Gasteiger partial charge in [0.15, 0.2) is 11.7 Å². The molecular formula is C17H21N3O5. The van der Waals surface area contributed by atoms with Crippen molar-refractivity contribution in [2.75, 3.05) is 13.7 Å². The molecule has 0 unspecified atom stereocenters. The summed E-state index contributed by atoms with van der Waals surface area (Å²) in [5.74, 6) is -1.28. The average Bonchev–Trinajstić information content (AvgIpc) is 2.60. The van der Waals surface area contributed by atoms with Gasteiger partial charge < -0.3 is 15.2 Å². The van der Waals surface area contributed by atoms with E-state index in [2.05, 4.69) is 15.2 Å². The van der Waals surface area contributed by atoms with E-state index in [1.165, 1.54) is 4.68 Å². The minimum Gasteiger partial charge on any atom is -0.467 e. The van der Waals surface area contributed by atoms with E-state index < -0.39 is 24.5 Å². The van der Waals surface area contributed by atoms with Crippen LogP contribution in [0.5, 0.6) is 0 Å². The first-order valence-corrected chi connectivity index (χ1v) is 7.88. The van der Waals surface area contributed by atoms with Gasteiger partial charge in [0.05, 0.1) is 19.1 Å². The lowest BCUT2D eigenvalue weighted by atomic mass is 10.1. The third-order valence-corrected chi connectivity index (χ3v) is 3.59. The Morgan fingerprint density at radius 1 is 1.28 bits per heavy atom. The minimum absolute atomic E-state index is 0.0122. The predicted octanol–water partition coefficient (Wildman–Crippen LogP) is 0.316. The van der Waals surface area contributed by atoms with E-state index >= 15 is 0 Å². The smallest absolute Gasteiger partial charge is 0.330 e. The predicted molar refractivity (Wildman–Crippen MR) is 91.2 cm³/mol. The number of ether oxygens (including phenoxy) is 1. The molecule has 1 aromatic heterocycles. The Morgan fingerprint density at radius 3 is 2.48 bits per heavy atom. The van der Waals surface area contributed by atoms with Crippen LogP contribution in [0.1, 0.15) is 24.3 Å². The number of amides is 1. The van der Waals surface area contributed by atoms with Gasteiger partial charge in [0.1, 0.15) is 0 Å². The zero-order valence-corrected chi connectivity index (χ0v) is 14.4. The van der Waals surface area contributed by atoms with Gasteiger partial charge in [-0.3, -0.25) is 9.59 Å². The molecule has 0 radical (unpaired) electrons. The number of nitrogens with zero attached hydrogens (tertiary/aromatic N) is 2. The number of hydrogen-bond donors (Lipinski definition) is 2. The lowest BCUT2D eigenvalue weighted by molar-refractivity contribution is -0.143. The second-order valence-electron chi connectivity index (χ2n) is 6.01. The zero-order valence-electron chi connectivity index (χ0n) is 14.4. The van der Waals surface area contributed by atoms with Crippen LogP contribution >= 0.6 is 0 Å². The van der Waals surface area contributed by atoms with Gasteiger partial charge >= 0.3 is 5.97 Å². The largest absolute Gasteiger partial charge is 0.467 e. The fraction of sp³-hybridized carbons (Fsp3) is 0.412. The lowest BCUT2D eigenvalue weighted by Gasteiger charge is -2.16. The SMILES string of the molecule is COC(=O)[C@@H](CO)NC(=O)c1nn(CC(C)C)c(=O)c2ccccc12. The van der Waals surface area contributed by atoms with Gasteiger partial charge in [0, 0.05) is 11.9 Å². The number of aromatic nitrogens is 2. The molecule has 8 heteroatoms. The van der Waals surface area contributed by atoms with Crippen LogP contribution in [-0.2, 0) is 16.1 Å². The summed E-state index contributed by atoms with van der Waals surface area (Å²) in [5, 5.41) is 16.6. The van der Waals surface area contributed by atoms with Gasteiger partial charge in [-0.1, -0.05) is 32.0 Å². The lowest BCUT2D eigenvalue weighted by Crippen LogP contribution is -2.45. The van der Waals surface area contributed by atoms with Crippen molar-refractivity contribution in [3.63, 3.8) is 0 Å². The summed E-state index contributed by atoms with van der Waals surface area (Å²) >= 11 is 0. The van der Waals surface area contributed by atoms with Crippen molar-refractivity contribution in [3.05, 3.63) is 40.3 Å². The minimum atomic E-state index is -1.21. The topological polar surface area (TPSA) is 111 Å². The first-order valence-electron chi connectivity index (χ1n) is 7.88. The van der Waals surface area contributed by atoms with Gasteiger partial charge in [-0.2, -0.15) is 5.10 Å². The highest BCUT2D eigenvalue weighted by atomic mass is 16.5. The first kappa shape index (κ1) is 18.6. The van der Waals surface area contributed by atoms with E-state index in [1.54, 1.807) is 24.3 Å². The molecule has 0 aliphatic rings. The Bertz CT molecular complexity index is 844. The second kappa shape index (κ2) is 7.89. The normalized spacial score (nSPS) is 12.2. The van der Waals surface area contributed by atoms with Crippen molar-refractivity contribution < 1.29 is 19.4 Å². The third-order valence-electron chi connectivity index (χ3n) is 3.59. The van der Waals surface area contributed by atoms with Crippen LogP contribution in [0.2, 0.25) is 0 Å². The van der Waals surface area contributed by atoms with Crippen LogP contribution in [0.3, 0.4) is 0 Å². The Balaban J connectivity index is 2.52. The van der Waals surface area contributed by atoms with Crippen LogP contribution in [0.25, 0.3) is 10.8 Å². The van der Waals surface area contributed by atoms with E-state index in [0.29, 0.717) is 17.3 Å². The molecule has 0 aliphatic carbocycles. The fourth-order valence-electron chi connectivity index (χ4n) is 2.42. The molecule has 1 heterocycles. The van der Waals surface area contributed by atoms with Crippen LogP contribution in [0.15, 0.2) is 29.1 Å². The molecule has 0 saturated carbocycles. The number of aliphatic hydroxyl groups excluding tert-OH is 1. The standard InChI is InChI=1S/C17H21N3O5/c1-10(2)8-20-16(23)12-7-5-4-6-11(12)14(19-20)15(22)18-13(9-21)17(24)25-3/h4-7,10,13,21H,8-9H2,1-3H3,(H,18,22)/t13-/m1/s1. The molecule has 0 bridgehead atoms. The Morgan fingerprint density at radius 2 is 1.92 bits per heavy atom. The van der Waals surface area contributed by atoms with E-state index in [-0.39, 0.29) is 17.2 Å². The van der Waals surface area contributed by atoms with E-state index in [1.807, 2.05) is 13.8 Å². The van der Waals surface area contributed by atoms with Gasteiger partial charge in [-0.15, -0.1) is 0 Å². The van der Waals surface area contributed by atoms with Crippen molar-refractivity contribution >= 4 is 22.6 Å². The number of benzene rings is 1. The maximum atomic E-state index is 12.6. The van der Waals surface area contributed by atoms with Crippen LogP contribution < -0.4 is 10.9 Å². The molecule has 0 aliphatic heterocycles. The van der Waals surface area contributed by atoms with Gasteiger partial charge in [0.25, 0.3) is 11.5 Å². The number of aliphatic hydroxyl groups is 1. The molecule has 2 N–H and O–H groups in total. The highest BCUT2D eigenvalue weighted by molar-refractivity contribution is 6.05. The molecule has 25 heavy (non-hydrogen) atoms. The summed E-state index contributed by atoms with van der Waals surface area (Å²) in [4.78, 5) is 36.7. The molecule has 134 valence electrons. The molecule has 2 rings (SSSR count). The highest BCUT2D eigenvalue weighted by Crippen LogP contribution is 2.14. The fourth-order valence-corrected chi connectivity index (χ4v) is 2.42. The van der Waals surface area contributed by atoms with Crippen molar-refractivity contribution in [3.8, 4) is 0 Å². The quantitative estimate of drug-likeness (QED) is 0.728. The van der Waals surface area contributed by atoms with Gasteiger partial charge in [-0.25, -0.2) is 9.48 Å². The summed E-state index contributed by atoms with van der Waals surface area (Å²) in [6, 6.07) is 5.43. The number of carbonyl (C=O) groups is 2.